The number of carbonyl (C=O) groups is 2. The highest BCUT2D eigenvalue weighted by Gasteiger charge is 2.08. The molecule has 6 nitrogen and oxygen atoms in total. The monoisotopic (exact) mass is 482 g/mol. The molecule has 184 valence electrons. The molecule has 0 aromatic heterocycles. The van der Waals surface area contributed by atoms with Gasteiger partial charge >= 0.3 is 0 Å². The van der Waals surface area contributed by atoms with E-state index in [1.165, 1.54) is 0 Å². The number of carbonyl (C=O) groups excluding carboxylic acids is 2. The third kappa shape index (κ3) is 6.30. The van der Waals surface area contributed by atoms with Gasteiger partial charge in [0.2, 0.25) is 0 Å². The molecule has 4 N–H and O–H groups in total. The van der Waals surface area contributed by atoms with Crippen LogP contribution in [0.3, 0.4) is 0 Å². The van der Waals surface area contributed by atoms with Gasteiger partial charge in [-0.3, -0.25) is 9.59 Å². The molecule has 6 heteroatoms. The van der Waals surface area contributed by atoms with Crippen molar-refractivity contribution in [3.63, 3.8) is 0 Å². The smallest absolute Gasteiger partial charge is 0.251 e. The van der Waals surface area contributed by atoms with Gasteiger partial charge in [-0.1, -0.05) is 36.4 Å². The minimum atomic E-state index is -0.103. The van der Waals surface area contributed by atoms with Crippen molar-refractivity contribution in [2.45, 2.75) is 13.8 Å². The van der Waals surface area contributed by atoms with Gasteiger partial charge in [0, 0.05) is 25.2 Å². The Labute approximate surface area is 211 Å². The van der Waals surface area contributed by atoms with Crippen molar-refractivity contribution in [2.75, 3.05) is 14.1 Å². The quantitative estimate of drug-likeness (QED) is 0.311. The summed E-state index contributed by atoms with van der Waals surface area (Å²) in [5.74, 6) is 0.291. The molecule has 0 aliphatic heterocycles. The average molecular weight is 483 g/mol. The summed E-state index contributed by atoms with van der Waals surface area (Å²) < 4.78 is 0. The molecule has 0 aliphatic rings. The molecule has 2 amide bonds. The summed E-state index contributed by atoms with van der Waals surface area (Å²) in [5, 5.41) is 24.0. The lowest BCUT2D eigenvalue weighted by molar-refractivity contribution is 0.0955. The number of phenols is 2. The highest BCUT2D eigenvalue weighted by Crippen LogP contribution is 2.28. The number of rotatable bonds is 4. The van der Waals surface area contributed by atoms with Crippen LogP contribution in [-0.2, 0) is 0 Å². The Morgan fingerprint density at radius 3 is 1.31 bits per heavy atom. The summed E-state index contributed by atoms with van der Waals surface area (Å²) in [6.45, 7) is 3.86. The first kappa shape index (κ1) is 26.0. The number of aryl methyl sites for hydroxylation is 2. The fourth-order valence-electron chi connectivity index (χ4n) is 3.89. The molecular formula is C30H30N2O4. The van der Waals surface area contributed by atoms with E-state index in [9.17, 15) is 19.8 Å². The zero-order valence-electron chi connectivity index (χ0n) is 20.8. The molecule has 0 bridgehead atoms. The number of benzene rings is 4. The Hall–Kier alpha value is -4.58. The first-order valence-corrected chi connectivity index (χ1v) is 11.5. The van der Waals surface area contributed by atoms with Crippen molar-refractivity contribution >= 4 is 11.8 Å². The van der Waals surface area contributed by atoms with Gasteiger partial charge in [0.25, 0.3) is 11.8 Å². The molecule has 0 spiro atoms. The zero-order chi connectivity index (χ0) is 26.2. The first-order valence-electron chi connectivity index (χ1n) is 11.5. The van der Waals surface area contributed by atoms with E-state index in [2.05, 4.69) is 10.6 Å². The van der Waals surface area contributed by atoms with Crippen LogP contribution >= 0.6 is 0 Å². The topological polar surface area (TPSA) is 98.7 Å². The summed E-state index contributed by atoms with van der Waals surface area (Å²) in [5.41, 5.74) is 7.16. The van der Waals surface area contributed by atoms with E-state index in [1.807, 2.05) is 62.4 Å². The molecule has 4 aromatic carbocycles. The fourth-order valence-corrected chi connectivity index (χ4v) is 3.89. The number of phenolic OH excluding ortho intramolecular Hbond substituents is 2. The molecule has 4 rings (SSSR count). The van der Waals surface area contributed by atoms with Crippen molar-refractivity contribution in [1.82, 2.24) is 10.6 Å². The Bertz CT molecular complexity index is 1290. The van der Waals surface area contributed by atoms with Crippen molar-refractivity contribution < 1.29 is 19.8 Å². The van der Waals surface area contributed by atoms with Gasteiger partial charge in [0.15, 0.2) is 0 Å². The fraction of sp³-hybridized carbons (Fsp3) is 0.133. The highest BCUT2D eigenvalue weighted by atomic mass is 16.3. The summed E-state index contributed by atoms with van der Waals surface area (Å²) in [6.07, 6.45) is 0. The summed E-state index contributed by atoms with van der Waals surface area (Å²) >= 11 is 0. The molecule has 0 heterocycles. The number of aromatic hydroxyl groups is 2. The van der Waals surface area contributed by atoms with Gasteiger partial charge in [-0.2, -0.15) is 0 Å². The molecule has 0 fully saturated rings. The molecule has 0 radical (unpaired) electrons. The minimum absolute atomic E-state index is 0.103. The zero-order valence-corrected chi connectivity index (χ0v) is 20.8. The van der Waals surface area contributed by atoms with E-state index in [4.69, 9.17) is 0 Å². The maximum absolute atomic E-state index is 11.6. The largest absolute Gasteiger partial charge is 0.508 e. The van der Waals surface area contributed by atoms with E-state index in [1.54, 1.807) is 50.5 Å². The van der Waals surface area contributed by atoms with Crippen LogP contribution in [0.4, 0.5) is 0 Å². The van der Waals surface area contributed by atoms with Gasteiger partial charge in [-0.05, 0) is 95.8 Å². The lowest BCUT2D eigenvalue weighted by Gasteiger charge is -2.08. The third-order valence-electron chi connectivity index (χ3n) is 5.75. The van der Waals surface area contributed by atoms with E-state index < -0.39 is 0 Å². The molecule has 0 atom stereocenters. The van der Waals surface area contributed by atoms with Crippen LogP contribution in [0.15, 0.2) is 84.9 Å². The van der Waals surface area contributed by atoms with Crippen molar-refractivity contribution in [3.05, 3.63) is 107 Å². The molecule has 36 heavy (non-hydrogen) atoms. The maximum Gasteiger partial charge on any atom is 0.251 e. The summed E-state index contributed by atoms with van der Waals surface area (Å²) in [4.78, 5) is 23.2. The lowest BCUT2D eigenvalue weighted by atomic mass is 9.98. The van der Waals surface area contributed by atoms with Crippen LogP contribution < -0.4 is 10.6 Å². The van der Waals surface area contributed by atoms with Crippen molar-refractivity contribution in [3.8, 4) is 33.8 Å². The molecular weight excluding hydrogens is 452 g/mol. The van der Waals surface area contributed by atoms with Crippen LogP contribution in [0.25, 0.3) is 22.3 Å². The predicted octanol–water partition coefficient (Wildman–Crippen LogP) is 5.45. The molecule has 4 aromatic rings. The molecule has 0 aliphatic carbocycles. The van der Waals surface area contributed by atoms with Crippen molar-refractivity contribution in [1.29, 1.82) is 0 Å². The number of hydrogen-bond acceptors (Lipinski definition) is 4. The summed E-state index contributed by atoms with van der Waals surface area (Å²) in [7, 11) is 3.22. The van der Waals surface area contributed by atoms with Crippen LogP contribution in [0.2, 0.25) is 0 Å². The minimum Gasteiger partial charge on any atom is -0.508 e. The predicted molar refractivity (Wildman–Crippen MR) is 143 cm³/mol. The van der Waals surface area contributed by atoms with Crippen LogP contribution in [-0.4, -0.2) is 36.1 Å². The first-order chi connectivity index (χ1) is 17.2. The standard InChI is InChI=1S/2C15H15NO2/c2*1-10-8-13(17)6-7-14(10)11-4-3-5-12(9-11)15(18)16-2/h2*3-9,17H,1-2H3,(H,16,18). The Kier molecular flexibility index (Phi) is 8.47. The van der Waals surface area contributed by atoms with Crippen LogP contribution in [0.1, 0.15) is 31.8 Å². The Balaban J connectivity index is 0.000000201. The normalized spacial score (nSPS) is 10.1. The van der Waals surface area contributed by atoms with E-state index in [0.717, 1.165) is 33.4 Å². The SMILES string of the molecule is CNC(=O)c1cccc(-c2ccc(O)cc2C)c1.CNC(=O)c1cccc(-c2ccc(O)cc2C)c1. The van der Waals surface area contributed by atoms with Gasteiger partial charge in [0.1, 0.15) is 11.5 Å². The Morgan fingerprint density at radius 1 is 0.583 bits per heavy atom. The number of amides is 2. The second kappa shape index (κ2) is 11.7. The van der Waals surface area contributed by atoms with Crippen LogP contribution in [0.5, 0.6) is 11.5 Å². The third-order valence-corrected chi connectivity index (χ3v) is 5.75. The number of hydrogen-bond donors (Lipinski definition) is 4. The highest BCUT2D eigenvalue weighted by molar-refractivity contribution is 5.96. The van der Waals surface area contributed by atoms with Crippen LogP contribution in [0, 0.1) is 13.8 Å². The molecule has 0 saturated heterocycles. The second-order valence-corrected chi connectivity index (χ2v) is 8.32. The lowest BCUT2D eigenvalue weighted by Crippen LogP contribution is -2.17. The van der Waals surface area contributed by atoms with Crippen molar-refractivity contribution in [2.24, 2.45) is 0 Å². The Morgan fingerprint density at radius 2 is 0.972 bits per heavy atom. The van der Waals surface area contributed by atoms with Gasteiger partial charge < -0.3 is 20.8 Å². The molecule has 0 saturated carbocycles. The van der Waals surface area contributed by atoms with Gasteiger partial charge in [-0.15, -0.1) is 0 Å². The van der Waals surface area contributed by atoms with Gasteiger partial charge in [-0.25, -0.2) is 0 Å². The maximum atomic E-state index is 11.6. The van der Waals surface area contributed by atoms with Gasteiger partial charge in [0.05, 0.1) is 0 Å². The summed E-state index contributed by atoms with van der Waals surface area (Å²) in [6, 6.07) is 25.3. The number of nitrogens with one attached hydrogen (secondary N) is 2. The van der Waals surface area contributed by atoms with E-state index in [-0.39, 0.29) is 23.3 Å². The van der Waals surface area contributed by atoms with E-state index >= 15 is 0 Å². The molecule has 0 unspecified atom stereocenters. The second-order valence-electron chi connectivity index (χ2n) is 8.32. The van der Waals surface area contributed by atoms with E-state index in [0.29, 0.717) is 11.1 Å². The average Bonchev–Trinajstić information content (AvgIpc) is 2.88.